The summed E-state index contributed by atoms with van der Waals surface area (Å²) in [7, 11) is 3.52. The number of pyridine rings is 1. The van der Waals surface area contributed by atoms with Crippen molar-refractivity contribution in [2.24, 2.45) is 11.3 Å². The number of fused-ring (bicyclic) bond motifs is 3. The van der Waals surface area contributed by atoms with Gasteiger partial charge in [0.05, 0.1) is 6.04 Å². The number of anilines is 1. The highest BCUT2D eigenvalue weighted by atomic mass is 35.5. The molecule has 8 nitrogen and oxygen atoms in total. The van der Waals surface area contributed by atoms with E-state index < -0.39 is 28.7 Å². The van der Waals surface area contributed by atoms with Crippen molar-refractivity contribution in [1.82, 2.24) is 20.5 Å². The lowest BCUT2D eigenvalue weighted by Gasteiger charge is -2.50. The fourth-order valence-corrected chi connectivity index (χ4v) is 8.81. The molecule has 3 heterocycles. The Labute approximate surface area is 267 Å². The molecule has 1 aromatic carbocycles. The Morgan fingerprint density at radius 2 is 1.73 bits per heavy atom. The highest BCUT2D eigenvalue weighted by Crippen LogP contribution is 2.64. The molecule has 1 aromatic heterocycles. The molecule has 2 spiro atoms. The van der Waals surface area contributed by atoms with Crippen LogP contribution in [0.2, 0.25) is 10.2 Å². The van der Waals surface area contributed by atoms with Gasteiger partial charge in [0.2, 0.25) is 17.7 Å². The van der Waals surface area contributed by atoms with Crippen LogP contribution in [0.5, 0.6) is 0 Å². The first kappa shape index (κ1) is 31.2. The average molecular weight is 645 g/mol. The Bertz CT molecular complexity index is 1500. The van der Waals surface area contributed by atoms with E-state index in [1.165, 1.54) is 6.20 Å². The molecule has 11 heteroatoms. The number of carbonyl (C=O) groups is 3. The zero-order chi connectivity index (χ0) is 31.6. The number of benzene rings is 1. The summed E-state index contributed by atoms with van der Waals surface area (Å²) >= 11 is 12.6. The Kier molecular flexibility index (Phi) is 7.99. The number of nitrogens with one attached hydrogen (secondary N) is 3. The smallest absolute Gasteiger partial charge is 0.238 e. The van der Waals surface area contributed by atoms with Crippen LogP contribution < -0.4 is 16.0 Å². The second-order valence-electron chi connectivity index (χ2n) is 14.1. The van der Waals surface area contributed by atoms with Crippen LogP contribution in [-0.4, -0.2) is 59.3 Å². The van der Waals surface area contributed by atoms with Crippen molar-refractivity contribution in [3.63, 3.8) is 0 Å². The highest BCUT2D eigenvalue weighted by molar-refractivity contribution is 6.31. The van der Waals surface area contributed by atoms with Gasteiger partial charge in [-0.1, -0.05) is 43.1 Å². The molecule has 6 rings (SSSR count). The van der Waals surface area contributed by atoms with Crippen LogP contribution in [0.25, 0.3) is 0 Å². The molecule has 2 aliphatic carbocycles. The third-order valence-corrected chi connectivity index (χ3v) is 11.3. The molecule has 0 unspecified atom stereocenters. The molecule has 2 aliphatic heterocycles. The zero-order valence-corrected chi connectivity index (χ0v) is 27.1. The minimum atomic E-state index is -1.31. The third kappa shape index (κ3) is 4.90. The van der Waals surface area contributed by atoms with Gasteiger partial charge < -0.3 is 15.5 Å². The number of amides is 3. The topological polar surface area (TPSA) is 103 Å². The van der Waals surface area contributed by atoms with Gasteiger partial charge in [-0.2, -0.15) is 0 Å². The number of hydrogen-bond acceptors (Lipinski definition) is 5. The quantitative estimate of drug-likeness (QED) is 0.378. The maximum atomic E-state index is 16.1. The summed E-state index contributed by atoms with van der Waals surface area (Å²) < 4.78 is 16.1. The summed E-state index contributed by atoms with van der Waals surface area (Å²) in [6.45, 7) is 4.43. The van der Waals surface area contributed by atoms with E-state index in [1.807, 2.05) is 6.07 Å². The normalized spacial score (nSPS) is 30.2. The molecule has 1 saturated heterocycles. The highest BCUT2D eigenvalue weighted by Gasteiger charge is 2.73. The van der Waals surface area contributed by atoms with Crippen LogP contribution in [0.1, 0.15) is 82.3 Å². The zero-order valence-electron chi connectivity index (χ0n) is 25.6. The fraction of sp³-hybridized carbons (Fsp3) is 0.576. The molecule has 3 amide bonds. The summed E-state index contributed by atoms with van der Waals surface area (Å²) in [4.78, 5) is 47.1. The van der Waals surface area contributed by atoms with E-state index in [1.54, 1.807) is 37.2 Å². The van der Waals surface area contributed by atoms with Gasteiger partial charge >= 0.3 is 0 Å². The number of aromatic nitrogens is 1. The molecule has 3 fully saturated rings. The van der Waals surface area contributed by atoms with Crippen molar-refractivity contribution >= 4 is 46.6 Å². The standard InChI is InChI=1S/C33H40Cl2FN5O3/c1-31(2)12-14-32(15-13-31)33(22-10-7-19(34)17-23(22)39-30(33)44)24(21-11-16-37-27(35)25(21)36)26(40-32)28(42)38-20-8-5-18(6-9-20)29(43)41(3)4/h7,10-11,16-18,20,24,26,40H,5-6,8-9,12-15H2,1-4H3,(H,38,42)(H,39,44)/t18-,20-,24-,26+,33+/m0/s1. The number of halogens is 3. The molecule has 0 bridgehead atoms. The Morgan fingerprint density at radius 3 is 2.39 bits per heavy atom. The molecule has 236 valence electrons. The second-order valence-corrected chi connectivity index (χ2v) is 14.9. The van der Waals surface area contributed by atoms with Crippen molar-refractivity contribution in [2.45, 2.75) is 94.2 Å². The van der Waals surface area contributed by atoms with E-state index in [-0.39, 0.29) is 45.8 Å². The monoisotopic (exact) mass is 643 g/mol. The molecular formula is C33H40Cl2FN5O3. The molecule has 0 radical (unpaired) electrons. The maximum absolute atomic E-state index is 16.1. The summed E-state index contributed by atoms with van der Waals surface area (Å²) in [5, 5.41) is 10.1. The summed E-state index contributed by atoms with van der Waals surface area (Å²) in [5.41, 5.74) is -0.644. The number of rotatable bonds is 4. The van der Waals surface area contributed by atoms with Gasteiger partial charge in [-0.25, -0.2) is 9.37 Å². The van der Waals surface area contributed by atoms with Crippen molar-refractivity contribution < 1.29 is 18.8 Å². The molecular weight excluding hydrogens is 604 g/mol. The Hall–Kier alpha value is -2.75. The summed E-state index contributed by atoms with van der Waals surface area (Å²) in [5.74, 6) is -2.18. The predicted octanol–water partition coefficient (Wildman–Crippen LogP) is 5.58. The van der Waals surface area contributed by atoms with Crippen LogP contribution in [-0.2, 0) is 19.8 Å². The van der Waals surface area contributed by atoms with Crippen LogP contribution in [0, 0.1) is 17.2 Å². The van der Waals surface area contributed by atoms with Crippen molar-refractivity contribution in [1.29, 1.82) is 0 Å². The van der Waals surface area contributed by atoms with Crippen LogP contribution >= 0.6 is 23.2 Å². The van der Waals surface area contributed by atoms with Gasteiger partial charge in [0.15, 0.2) is 11.0 Å². The molecule has 3 N–H and O–H groups in total. The maximum Gasteiger partial charge on any atom is 0.238 e. The number of nitrogens with zero attached hydrogens (tertiary/aromatic N) is 2. The Balaban J connectivity index is 1.44. The van der Waals surface area contributed by atoms with E-state index >= 15 is 4.39 Å². The first-order valence-electron chi connectivity index (χ1n) is 15.5. The largest absolute Gasteiger partial charge is 0.352 e. The first-order chi connectivity index (χ1) is 20.8. The first-order valence-corrected chi connectivity index (χ1v) is 16.3. The van der Waals surface area contributed by atoms with Crippen LogP contribution in [0.4, 0.5) is 10.1 Å². The third-order valence-electron chi connectivity index (χ3n) is 10.8. The van der Waals surface area contributed by atoms with Gasteiger partial charge in [0.1, 0.15) is 5.41 Å². The van der Waals surface area contributed by atoms with Gasteiger partial charge in [-0.15, -0.1) is 0 Å². The molecule has 2 saturated carbocycles. The second kappa shape index (κ2) is 11.2. The van der Waals surface area contributed by atoms with Crippen molar-refractivity contribution in [3.05, 3.63) is 57.6 Å². The van der Waals surface area contributed by atoms with Crippen molar-refractivity contribution in [3.8, 4) is 0 Å². The summed E-state index contributed by atoms with van der Waals surface area (Å²) in [6, 6.07) is 5.78. The molecule has 3 atom stereocenters. The molecule has 4 aliphatic rings. The predicted molar refractivity (Wildman–Crippen MR) is 168 cm³/mol. The van der Waals surface area contributed by atoms with Gasteiger partial charge in [-0.3, -0.25) is 19.7 Å². The summed E-state index contributed by atoms with van der Waals surface area (Å²) in [6.07, 6.45) is 6.99. The minimum Gasteiger partial charge on any atom is -0.352 e. The SMILES string of the molecule is CN(C)C(=O)[C@H]1CC[C@H](NC(=O)[C@@H]2NC3(CCC(C)(C)CC3)[C@@]3(C(=O)Nc4cc(Cl)ccc43)[C@H]2c2ccnc(Cl)c2F)CC1. The minimum absolute atomic E-state index is 0.0513. The lowest BCUT2D eigenvalue weighted by molar-refractivity contribution is -0.134. The number of carbonyl (C=O) groups excluding carboxylic acids is 3. The van der Waals surface area contributed by atoms with E-state index in [0.717, 1.165) is 12.8 Å². The number of hydrogen-bond donors (Lipinski definition) is 3. The van der Waals surface area contributed by atoms with E-state index in [4.69, 9.17) is 23.2 Å². The van der Waals surface area contributed by atoms with Crippen LogP contribution in [0.3, 0.4) is 0 Å². The molecule has 2 aromatic rings. The van der Waals surface area contributed by atoms with E-state index in [2.05, 4.69) is 34.8 Å². The lowest BCUT2D eigenvalue weighted by Crippen LogP contribution is -2.61. The Morgan fingerprint density at radius 1 is 1.05 bits per heavy atom. The van der Waals surface area contributed by atoms with Crippen molar-refractivity contribution in [2.75, 3.05) is 19.4 Å². The molecule has 44 heavy (non-hydrogen) atoms. The fourth-order valence-electron chi connectivity index (χ4n) is 8.47. The lowest BCUT2D eigenvalue weighted by atomic mass is 9.53. The van der Waals surface area contributed by atoms with Gasteiger partial charge in [0, 0.05) is 54.4 Å². The average Bonchev–Trinajstić information content (AvgIpc) is 3.44. The van der Waals surface area contributed by atoms with E-state index in [0.29, 0.717) is 54.8 Å². The van der Waals surface area contributed by atoms with Crippen LogP contribution in [0.15, 0.2) is 30.5 Å². The van der Waals surface area contributed by atoms with Gasteiger partial charge in [-0.05, 0) is 86.1 Å². The van der Waals surface area contributed by atoms with Gasteiger partial charge in [0.25, 0.3) is 0 Å². The van der Waals surface area contributed by atoms with E-state index in [9.17, 15) is 14.4 Å².